The molecular formula is C20H24O4. The van der Waals surface area contributed by atoms with Gasteiger partial charge in [0.1, 0.15) is 11.5 Å². The Kier molecular flexibility index (Phi) is 5.85. The smallest absolute Gasteiger partial charge is 0.345 e. The second kappa shape index (κ2) is 7.86. The molecule has 0 heterocycles. The van der Waals surface area contributed by atoms with Crippen LogP contribution in [0.15, 0.2) is 36.4 Å². The van der Waals surface area contributed by atoms with E-state index in [1.165, 1.54) is 0 Å². The molecule has 0 spiro atoms. The molecule has 2 aromatic rings. The second-order valence-corrected chi connectivity index (χ2v) is 5.89. The van der Waals surface area contributed by atoms with Crippen molar-refractivity contribution in [3.63, 3.8) is 0 Å². The van der Waals surface area contributed by atoms with Crippen LogP contribution < -0.4 is 9.47 Å². The van der Waals surface area contributed by atoms with Crippen molar-refractivity contribution in [1.29, 1.82) is 0 Å². The van der Waals surface area contributed by atoms with Crippen LogP contribution in [0.4, 0.5) is 0 Å². The summed E-state index contributed by atoms with van der Waals surface area (Å²) in [5, 5.41) is 9.58. The number of hydrogen-bond donors (Lipinski definition) is 1. The van der Waals surface area contributed by atoms with Crippen LogP contribution in [-0.2, 0) is 11.2 Å². The van der Waals surface area contributed by atoms with Crippen LogP contribution in [0.5, 0.6) is 11.5 Å². The summed E-state index contributed by atoms with van der Waals surface area (Å²) in [6, 6.07) is 11.4. The highest BCUT2D eigenvalue weighted by atomic mass is 16.5. The van der Waals surface area contributed by atoms with E-state index in [1.807, 2.05) is 58.0 Å². The minimum absolute atomic E-state index is 0.248. The van der Waals surface area contributed by atoms with Gasteiger partial charge in [0.05, 0.1) is 6.61 Å². The van der Waals surface area contributed by atoms with Crippen LogP contribution in [0.25, 0.3) is 0 Å². The SMILES string of the molecule is CCOc1ccccc1C[C@@H](Oc1cc(C)cc(C)c1C)C(=O)O. The average molecular weight is 328 g/mol. The minimum Gasteiger partial charge on any atom is -0.494 e. The van der Waals surface area contributed by atoms with Crippen molar-refractivity contribution >= 4 is 5.97 Å². The van der Waals surface area contributed by atoms with E-state index >= 15 is 0 Å². The van der Waals surface area contributed by atoms with Crippen LogP contribution in [0.1, 0.15) is 29.2 Å². The monoisotopic (exact) mass is 328 g/mol. The first-order valence-corrected chi connectivity index (χ1v) is 8.10. The number of aliphatic carboxylic acids is 1. The molecule has 0 saturated carbocycles. The van der Waals surface area contributed by atoms with E-state index in [4.69, 9.17) is 9.47 Å². The number of aryl methyl sites for hydroxylation is 2. The zero-order chi connectivity index (χ0) is 17.7. The van der Waals surface area contributed by atoms with Gasteiger partial charge in [0.25, 0.3) is 0 Å². The normalized spacial score (nSPS) is 11.8. The van der Waals surface area contributed by atoms with E-state index in [9.17, 15) is 9.90 Å². The number of carbonyl (C=O) groups is 1. The molecule has 0 bridgehead atoms. The summed E-state index contributed by atoms with van der Waals surface area (Å²) in [5.41, 5.74) is 3.93. The highest BCUT2D eigenvalue weighted by Gasteiger charge is 2.23. The fraction of sp³-hybridized carbons (Fsp3) is 0.350. The minimum atomic E-state index is -0.986. The third-order valence-electron chi connectivity index (χ3n) is 3.99. The van der Waals surface area contributed by atoms with Crippen LogP contribution >= 0.6 is 0 Å². The summed E-state index contributed by atoms with van der Waals surface area (Å²) >= 11 is 0. The Morgan fingerprint density at radius 3 is 2.50 bits per heavy atom. The van der Waals surface area contributed by atoms with Gasteiger partial charge in [-0.05, 0) is 62.1 Å². The van der Waals surface area contributed by atoms with E-state index in [2.05, 4.69) is 6.07 Å². The lowest BCUT2D eigenvalue weighted by Crippen LogP contribution is -2.30. The molecule has 0 unspecified atom stereocenters. The summed E-state index contributed by atoms with van der Waals surface area (Å²) < 4.78 is 11.4. The first kappa shape index (κ1) is 17.9. The van der Waals surface area contributed by atoms with Gasteiger partial charge in [0, 0.05) is 6.42 Å². The molecule has 1 N–H and O–H groups in total. The molecule has 0 aliphatic carbocycles. The molecule has 0 radical (unpaired) electrons. The highest BCUT2D eigenvalue weighted by molar-refractivity contribution is 5.73. The molecule has 0 aromatic heterocycles. The highest BCUT2D eigenvalue weighted by Crippen LogP contribution is 2.26. The predicted molar refractivity (Wildman–Crippen MR) is 94.0 cm³/mol. The molecular weight excluding hydrogens is 304 g/mol. The van der Waals surface area contributed by atoms with Crippen molar-refractivity contribution < 1.29 is 19.4 Å². The zero-order valence-electron chi connectivity index (χ0n) is 14.6. The summed E-state index contributed by atoms with van der Waals surface area (Å²) in [4.78, 5) is 11.7. The largest absolute Gasteiger partial charge is 0.494 e. The number of carboxylic acids is 1. The number of carboxylic acid groups (broad SMARTS) is 1. The molecule has 2 rings (SSSR count). The fourth-order valence-corrected chi connectivity index (χ4v) is 2.62. The lowest BCUT2D eigenvalue weighted by atomic mass is 10.0. The third kappa shape index (κ3) is 4.28. The zero-order valence-corrected chi connectivity index (χ0v) is 14.6. The van der Waals surface area contributed by atoms with Gasteiger partial charge in [0.15, 0.2) is 6.10 Å². The number of rotatable bonds is 7. The van der Waals surface area contributed by atoms with Crippen molar-refractivity contribution in [3.8, 4) is 11.5 Å². The van der Waals surface area contributed by atoms with Crippen molar-refractivity contribution in [2.75, 3.05) is 6.61 Å². The van der Waals surface area contributed by atoms with Crippen molar-refractivity contribution in [3.05, 3.63) is 58.7 Å². The summed E-state index contributed by atoms with van der Waals surface area (Å²) in [7, 11) is 0. The maximum Gasteiger partial charge on any atom is 0.345 e. The molecule has 1 atom stereocenters. The Hall–Kier alpha value is -2.49. The van der Waals surface area contributed by atoms with Gasteiger partial charge in [-0.25, -0.2) is 4.79 Å². The number of ether oxygens (including phenoxy) is 2. The Bertz CT molecular complexity index is 722. The third-order valence-corrected chi connectivity index (χ3v) is 3.99. The van der Waals surface area contributed by atoms with E-state index in [0.29, 0.717) is 18.1 Å². The number of benzene rings is 2. The Morgan fingerprint density at radius 2 is 1.83 bits per heavy atom. The molecule has 0 amide bonds. The van der Waals surface area contributed by atoms with Crippen LogP contribution in [0.3, 0.4) is 0 Å². The van der Waals surface area contributed by atoms with Crippen LogP contribution in [-0.4, -0.2) is 23.8 Å². The molecule has 24 heavy (non-hydrogen) atoms. The molecule has 2 aromatic carbocycles. The van der Waals surface area contributed by atoms with E-state index in [1.54, 1.807) is 0 Å². The lowest BCUT2D eigenvalue weighted by molar-refractivity contribution is -0.145. The summed E-state index contributed by atoms with van der Waals surface area (Å²) in [5.74, 6) is 0.334. The molecule has 0 aliphatic rings. The molecule has 0 fully saturated rings. The first-order chi connectivity index (χ1) is 11.4. The van der Waals surface area contributed by atoms with Gasteiger partial charge in [-0.1, -0.05) is 24.3 Å². The Labute approximate surface area is 143 Å². The van der Waals surface area contributed by atoms with Gasteiger partial charge in [-0.2, -0.15) is 0 Å². The van der Waals surface area contributed by atoms with Gasteiger partial charge >= 0.3 is 5.97 Å². The topological polar surface area (TPSA) is 55.8 Å². The maximum absolute atomic E-state index is 11.7. The van der Waals surface area contributed by atoms with Crippen LogP contribution in [0.2, 0.25) is 0 Å². The average Bonchev–Trinajstić information content (AvgIpc) is 2.53. The van der Waals surface area contributed by atoms with Crippen molar-refractivity contribution in [2.24, 2.45) is 0 Å². The van der Waals surface area contributed by atoms with E-state index < -0.39 is 12.1 Å². The number of para-hydroxylation sites is 1. The van der Waals surface area contributed by atoms with Crippen LogP contribution in [0, 0.1) is 20.8 Å². The van der Waals surface area contributed by atoms with Crippen molar-refractivity contribution in [2.45, 2.75) is 40.2 Å². The predicted octanol–water partition coefficient (Wildman–Crippen LogP) is 4.09. The number of hydrogen-bond acceptors (Lipinski definition) is 3. The van der Waals surface area contributed by atoms with E-state index in [0.717, 1.165) is 22.3 Å². The van der Waals surface area contributed by atoms with Gasteiger partial charge < -0.3 is 14.6 Å². The maximum atomic E-state index is 11.7. The Balaban J connectivity index is 2.27. The van der Waals surface area contributed by atoms with Gasteiger partial charge in [-0.3, -0.25) is 0 Å². The standard InChI is InChI=1S/C20H24O4/c1-5-23-17-9-7-6-8-16(17)12-19(20(21)22)24-18-11-13(2)10-14(3)15(18)4/h6-11,19H,5,12H2,1-4H3,(H,21,22)/t19-/m1/s1. The fourth-order valence-electron chi connectivity index (χ4n) is 2.62. The van der Waals surface area contributed by atoms with Gasteiger partial charge in [0.2, 0.25) is 0 Å². The molecule has 0 saturated heterocycles. The molecule has 4 nitrogen and oxygen atoms in total. The van der Waals surface area contributed by atoms with Crippen molar-refractivity contribution in [1.82, 2.24) is 0 Å². The van der Waals surface area contributed by atoms with Gasteiger partial charge in [-0.15, -0.1) is 0 Å². The quantitative estimate of drug-likeness (QED) is 0.832. The molecule has 4 heteroatoms. The first-order valence-electron chi connectivity index (χ1n) is 8.10. The summed E-state index contributed by atoms with van der Waals surface area (Å²) in [6.07, 6.45) is -0.718. The lowest BCUT2D eigenvalue weighted by Gasteiger charge is -2.19. The summed E-state index contributed by atoms with van der Waals surface area (Å²) in [6.45, 7) is 8.35. The molecule has 128 valence electrons. The van der Waals surface area contributed by atoms with E-state index in [-0.39, 0.29) is 6.42 Å². The second-order valence-electron chi connectivity index (χ2n) is 5.89. The Morgan fingerprint density at radius 1 is 1.12 bits per heavy atom. The molecule has 0 aliphatic heterocycles.